The highest BCUT2D eigenvalue weighted by Gasteiger charge is 2.36. The minimum atomic E-state index is 0.201. The number of ether oxygens (including phenoxy) is 3. The molecule has 1 aromatic rings. The smallest absolute Gasteiger partial charge is 0.161 e. The molecule has 4 nitrogen and oxygen atoms in total. The maximum Gasteiger partial charge on any atom is 0.161 e. The van der Waals surface area contributed by atoms with Crippen LogP contribution in [-0.4, -0.2) is 33.5 Å². The van der Waals surface area contributed by atoms with Gasteiger partial charge in [0.1, 0.15) is 0 Å². The van der Waals surface area contributed by atoms with E-state index in [2.05, 4.69) is 32.2 Å². The third-order valence-electron chi connectivity index (χ3n) is 4.25. The van der Waals surface area contributed by atoms with Crippen molar-refractivity contribution in [2.45, 2.75) is 39.8 Å². The molecule has 1 N–H and O–H groups in total. The monoisotopic (exact) mass is 307 g/mol. The molecule has 0 amide bonds. The van der Waals surface area contributed by atoms with Crippen LogP contribution in [0.15, 0.2) is 18.2 Å². The molecular formula is C18H29NO3. The van der Waals surface area contributed by atoms with Gasteiger partial charge >= 0.3 is 0 Å². The van der Waals surface area contributed by atoms with E-state index in [0.29, 0.717) is 12.0 Å². The number of benzene rings is 1. The summed E-state index contributed by atoms with van der Waals surface area (Å²) in [5.41, 5.74) is 1.40. The van der Waals surface area contributed by atoms with E-state index < -0.39 is 0 Å². The Kier molecular flexibility index (Phi) is 5.70. The molecule has 0 aromatic heterocycles. The maximum absolute atomic E-state index is 5.92. The summed E-state index contributed by atoms with van der Waals surface area (Å²) in [5, 5.41) is 3.56. The van der Waals surface area contributed by atoms with Crippen LogP contribution in [0.3, 0.4) is 0 Å². The van der Waals surface area contributed by atoms with E-state index in [0.717, 1.165) is 37.6 Å². The van der Waals surface area contributed by atoms with Crippen molar-refractivity contribution in [3.05, 3.63) is 23.8 Å². The Morgan fingerprint density at radius 1 is 1.18 bits per heavy atom. The van der Waals surface area contributed by atoms with Gasteiger partial charge in [0, 0.05) is 25.6 Å². The minimum absolute atomic E-state index is 0.201. The molecule has 1 aliphatic rings. The van der Waals surface area contributed by atoms with Gasteiger partial charge in [-0.1, -0.05) is 26.8 Å². The number of hydrogen-bond donors (Lipinski definition) is 1. The SMILES string of the molecule is COc1ccc(CNC[C@H]2CCO[C@@H]2C(C)(C)C)cc1OC. The van der Waals surface area contributed by atoms with E-state index in [9.17, 15) is 0 Å². The summed E-state index contributed by atoms with van der Waals surface area (Å²) < 4.78 is 16.5. The quantitative estimate of drug-likeness (QED) is 0.876. The molecule has 0 spiro atoms. The van der Waals surface area contributed by atoms with Crippen LogP contribution in [0.4, 0.5) is 0 Å². The first-order valence-electron chi connectivity index (χ1n) is 7.99. The molecule has 22 heavy (non-hydrogen) atoms. The molecule has 1 heterocycles. The van der Waals surface area contributed by atoms with Crippen LogP contribution in [0.1, 0.15) is 32.8 Å². The van der Waals surface area contributed by atoms with Gasteiger partial charge in [0.2, 0.25) is 0 Å². The fraction of sp³-hybridized carbons (Fsp3) is 0.667. The van der Waals surface area contributed by atoms with Crippen LogP contribution in [-0.2, 0) is 11.3 Å². The summed E-state index contributed by atoms with van der Waals surface area (Å²) in [4.78, 5) is 0. The van der Waals surface area contributed by atoms with Crippen molar-refractivity contribution in [2.24, 2.45) is 11.3 Å². The first-order valence-corrected chi connectivity index (χ1v) is 7.99. The molecule has 2 atom stereocenters. The van der Waals surface area contributed by atoms with Crippen LogP contribution < -0.4 is 14.8 Å². The first kappa shape index (κ1) is 17.1. The summed E-state index contributed by atoms with van der Waals surface area (Å²) in [5.74, 6) is 2.13. The Morgan fingerprint density at radius 3 is 2.55 bits per heavy atom. The summed E-state index contributed by atoms with van der Waals surface area (Å²) in [7, 11) is 3.32. The molecule has 1 aromatic carbocycles. The molecule has 124 valence electrons. The summed E-state index contributed by atoms with van der Waals surface area (Å²) >= 11 is 0. The van der Waals surface area contributed by atoms with Crippen molar-refractivity contribution < 1.29 is 14.2 Å². The van der Waals surface area contributed by atoms with Gasteiger partial charge in [-0.25, -0.2) is 0 Å². The second kappa shape index (κ2) is 7.34. The molecule has 0 unspecified atom stereocenters. The summed E-state index contributed by atoms with van der Waals surface area (Å²) in [6.45, 7) is 9.45. The van der Waals surface area contributed by atoms with E-state index in [-0.39, 0.29) is 5.41 Å². The third kappa shape index (κ3) is 4.14. The van der Waals surface area contributed by atoms with Crippen LogP contribution >= 0.6 is 0 Å². The second-order valence-electron chi connectivity index (χ2n) is 7.03. The average molecular weight is 307 g/mol. The van der Waals surface area contributed by atoms with Gasteiger partial charge in [0.15, 0.2) is 11.5 Å². The maximum atomic E-state index is 5.92. The molecule has 1 saturated heterocycles. The van der Waals surface area contributed by atoms with E-state index in [1.165, 1.54) is 5.56 Å². The van der Waals surface area contributed by atoms with Crippen molar-refractivity contribution in [3.8, 4) is 11.5 Å². The fourth-order valence-electron chi connectivity index (χ4n) is 3.19. The topological polar surface area (TPSA) is 39.7 Å². The molecule has 0 radical (unpaired) electrons. The third-order valence-corrected chi connectivity index (χ3v) is 4.25. The van der Waals surface area contributed by atoms with Crippen LogP contribution in [0.25, 0.3) is 0 Å². The average Bonchev–Trinajstić information content (AvgIpc) is 2.95. The van der Waals surface area contributed by atoms with Gasteiger partial charge in [-0.2, -0.15) is 0 Å². The highest BCUT2D eigenvalue weighted by atomic mass is 16.5. The summed E-state index contributed by atoms with van der Waals surface area (Å²) in [6.07, 6.45) is 1.48. The molecular weight excluding hydrogens is 278 g/mol. The Labute approximate surface area is 134 Å². The molecule has 0 bridgehead atoms. The molecule has 2 rings (SSSR count). The Hall–Kier alpha value is -1.26. The number of hydrogen-bond acceptors (Lipinski definition) is 4. The summed E-state index contributed by atoms with van der Waals surface area (Å²) in [6, 6.07) is 6.05. The predicted octanol–water partition coefficient (Wildman–Crippen LogP) is 3.24. The highest BCUT2D eigenvalue weighted by molar-refractivity contribution is 5.42. The van der Waals surface area contributed by atoms with Gasteiger partial charge in [0.05, 0.1) is 20.3 Å². The molecule has 4 heteroatoms. The lowest BCUT2D eigenvalue weighted by Gasteiger charge is -2.31. The molecule has 0 saturated carbocycles. The van der Waals surface area contributed by atoms with Gasteiger partial charge < -0.3 is 19.5 Å². The van der Waals surface area contributed by atoms with Crippen LogP contribution in [0, 0.1) is 11.3 Å². The van der Waals surface area contributed by atoms with Gasteiger partial charge in [0.25, 0.3) is 0 Å². The van der Waals surface area contributed by atoms with E-state index in [1.54, 1.807) is 14.2 Å². The zero-order valence-corrected chi connectivity index (χ0v) is 14.4. The fourth-order valence-corrected chi connectivity index (χ4v) is 3.19. The van der Waals surface area contributed by atoms with Crippen molar-refractivity contribution in [1.29, 1.82) is 0 Å². The lowest BCUT2D eigenvalue weighted by atomic mass is 9.81. The zero-order valence-electron chi connectivity index (χ0n) is 14.4. The number of nitrogens with one attached hydrogen (secondary N) is 1. The minimum Gasteiger partial charge on any atom is -0.493 e. The lowest BCUT2D eigenvalue weighted by molar-refractivity contribution is 0.00721. The Bertz CT molecular complexity index is 482. The largest absolute Gasteiger partial charge is 0.493 e. The molecule has 1 fully saturated rings. The Morgan fingerprint density at radius 2 is 1.91 bits per heavy atom. The molecule has 0 aliphatic carbocycles. The standard InChI is InChI=1S/C18H29NO3/c1-18(2,3)17-14(8-9-22-17)12-19-11-13-6-7-15(20-4)16(10-13)21-5/h6-7,10,14,17,19H,8-9,11-12H2,1-5H3/t14-,17+/m1/s1. The number of methoxy groups -OCH3 is 2. The predicted molar refractivity (Wildman–Crippen MR) is 88.6 cm³/mol. The van der Waals surface area contributed by atoms with E-state index in [1.807, 2.05) is 12.1 Å². The van der Waals surface area contributed by atoms with E-state index in [4.69, 9.17) is 14.2 Å². The van der Waals surface area contributed by atoms with Gasteiger partial charge in [-0.3, -0.25) is 0 Å². The van der Waals surface area contributed by atoms with Crippen molar-refractivity contribution in [3.63, 3.8) is 0 Å². The molecule has 1 aliphatic heterocycles. The highest BCUT2D eigenvalue weighted by Crippen LogP contribution is 2.34. The first-order chi connectivity index (χ1) is 10.5. The Balaban J connectivity index is 1.88. The second-order valence-corrected chi connectivity index (χ2v) is 7.03. The zero-order chi connectivity index (χ0) is 16.2. The van der Waals surface area contributed by atoms with Crippen molar-refractivity contribution in [2.75, 3.05) is 27.4 Å². The van der Waals surface area contributed by atoms with Gasteiger partial charge in [-0.05, 0) is 29.5 Å². The van der Waals surface area contributed by atoms with Crippen LogP contribution in [0.5, 0.6) is 11.5 Å². The number of rotatable bonds is 6. The lowest BCUT2D eigenvalue weighted by Crippen LogP contribution is -2.36. The normalized spacial score (nSPS) is 21.9. The van der Waals surface area contributed by atoms with Gasteiger partial charge in [-0.15, -0.1) is 0 Å². The van der Waals surface area contributed by atoms with Crippen molar-refractivity contribution in [1.82, 2.24) is 5.32 Å². The van der Waals surface area contributed by atoms with E-state index >= 15 is 0 Å². The van der Waals surface area contributed by atoms with Crippen LogP contribution in [0.2, 0.25) is 0 Å². The van der Waals surface area contributed by atoms with Crippen molar-refractivity contribution >= 4 is 0 Å².